The van der Waals surface area contributed by atoms with Gasteiger partial charge in [-0.15, -0.1) is 11.6 Å². The predicted octanol–water partition coefficient (Wildman–Crippen LogP) is 2.24. The molecule has 0 saturated carbocycles. The Hall–Kier alpha value is -0.620. The summed E-state index contributed by atoms with van der Waals surface area (Å²) in [5.41, 5.74) is 0.0474. The van der Waals surface area contributed by atoms with Gasteiger partial charge in [0.2, 0.25) is 10.0 Å². The van der Waals surface area contributed by atoms with Gasteiger partial charge in [-0.05, 0) is 25.3 Å². The van der Waals surface area contributed by atoms with Gasteiger partial charge >= 0.3 is 0 Å². The van der Waals surface area contributed by atoms with Gasteiger partial charge in [-0.1, -0.05) is 30.3 Å². The summed E-state index contributed by atoms with van der Waals surface area (Å²) >= 11 is 6.01. The van der Waals surface area contributed by atoms with Crippen molar-refractivity contribution in [1.82, 2.24) is 4.72 Å². The smallest absolute Gasteiger partial charge is 0.215 e. The summed E-state index contributed by atoms with van der Waals surface area (Å²) in [7, 11) is -3.44. The second kappa shape index (κ2) is 6.43. The fraction of sp³-hybridized carbons (Fsp3) is 0.571. The van der Waals surface area contributed by atoms with Crippen LogP contribution in [0.1, 0.15) is 25.3 Å². The molecule has 1 aromatic carbocycles. The van der Waals surface area contributed by atoms with Crippen LogP contribution in [0.2, 0.25) is 0 Å². The van der Waals surface area contributed by atoms with Crippen molar-refractivity contribution >= 4 is 21.6 Å². The Morgan fingerprint density at radius 1 is 1.40 bits per heavy atom. The molecule has 0 bridgehead atoms. The molecule has 112 valence electrons. The largest absolute Gasteiger partial charge is 0.377 e. The molecule has 0 aromatic heterocycles. The van der Waals surface area contributed by atoms with E-state index in [0.29, 0.717) is 6.61 Å². The molecule has 2 rings (SSSR count). The predicted molar refractivity (Wildman–Crippen MR) is 80.4 cm³/mol. The fourth-order valence-corrected chi connectivity index (χ4v) is 4.39. The van der Waals surface area contributed by atoms with Crippen LogP contribution in [-0.4, -0.2) is 32.8 Å². The minimum Gasteiger partial charge on any atom is -0.377 e. The highest BCUT2D eigenvalue weighted by molar-refractivity contribution is 7.89. The maximum atomic E-state index is 12.3. The Kier molecular flexibility index (Phi) is 5.07. The van der Waals surface area contributed by atoms with Gasteiger partial charge in [-0.25, -0.2) is 13.1 Å². The normalized spacial score (nSPS) is 22.6. The standard InChI is InChI=1S/C14H20ClNO3S/c1-14(11-15,12-6-3-2-4-7-12)16-20(17,18)10-13-8-5-9-19-13/h2-4,6-7,13,16H,5,8-11H2,1H3. The van der Waals surface area contributed by atoms with Gasteiger partial charge in [0, 0.05) is 12.5 Å². The third-order valence-corrected chi connectivity index (χ3v) is 5.59. The molecule has 20 heavy (non-hydrogen) atoms. The zero-order chi connectivity index (χ0) is 14.6. The van der Waals surface area contributed by atoms with Crippen LogP contribution in [0.4, 0.5) is 0 Å². The van der Waals surface area contributed by atoms with E-state index in [-0.39, 0.29) is 17.7 Å². The molecule has 0 aliphatic carbocycles. The van der Waals surface area contributed by atoms with E-state index in [4.69, 9.17) is 16.3 Å². The number of alkyl halides is 1. The molecule has 1 N–H and O–H groups in total. The summed E-state index contributed by atoms with van der Waals surface area (Å²) in [6, 6.07) is 9.37. The molecule has 0 amide bonds. The summed E-state index contributed by atoms with van der Waals surface area (Å²) in [6.45, 7) is 2.44. The Morgan fingerprint density at radius 3 is 2.65 bits per heavy atom. The van der Waals surface area contributed by atoms with Crippen molar-refractivity contribution in [3.8, 4) is 0 Å². The second-order valence-corrected chi connectivity index (χ2v) is 7.38. The van der Waals surface area contributed by atoms with Crippen molar-refractivity contribution in [2.45, 2.75) is 31.4 Å². The van der Waals surface area contributed by atoms with Gasteiger partial charge in [0.25, 0.3) is 0 Å². The molecule has 6 heteroatoms. The summed E-state index contributed by atoms with van der Waals surface area (Å²) in [4.78, 5) is 0. The molecule has 2 atom stereocenters. The molecule has 1 saturated heterocycles. The van der Waals surface area contributed by atoms with E-state index in [1.165, 1.54) is 0 Å². The lowest BCUT2D eigenvalue weighted by atomic mass is 9.96. The average molecular weight is 318 g/mol. The Bertz CT molecular complexity index is 529. The van der Waals surface area contributed by atoms with Gasteiger partial charge < -0.3 is 4.74 Å². The van der Waals surface area contributed by atoms with Gasteiger partial charge in [-0.2, -0.15) is 0 Å². The first-order chi connectivity index (χ1) is 9.45. The first-order valence-corrected chi connectivity index (χ1v) is 8.89. The highest BCUT2D eigenvalue weighted by atomic mass is 35.5. The molecule has 1 aliphatic rings. The quantitative estimate of drug-likeness (QED) is 0.819. The minimum absolute atomic E-state index is 0.00763. The van der Waals surface area contributed by atoms with Crippen molar-refractivity contribution in [1.29, 1.82) is 0 Å². The Morgan fingerprint density at radius 2 is 2.10 bits per heavy atom. The highest BCUT2D eigenvalue weighted by Crippen LogP contribution is 2.24. The SMILES string of the molecule is CC(CCl)(NS(=O)(=O)CC1CCCO1)c1ccccc1. The van der Waals surface area contributed by atoms with Crippen LogP contribution in [0, 0.1) is 0 Å². The monoisotopic (exact) mass is 317 g/mol. The Labute approximate surface area is 125 Å². The fourth-order valence-electron chi connectivity index (χ4n) is 2.37. The first kappa shape index (κ1) is 15.8. The molecular formula is C14H20ClNO3S. The number of rotatable bonds is 6. The number of ether oxygens (including phenoxy) is 1. The summed E-state index contributed by atoms with van der Waals surface area (Å²) in [6.07, 6.45) is 1.51. The van der Waals surface area contributed by atoms with E-state index in [2.05, 4.69) is 4.72 Å². The van der Waals surface area contributed by atoms with Crippen LogP contribution >= 0.6 is 11.6 Å². The van der Waals surface area contributed by atoms with E-state index in [1.807, 2.05) is 30.3 Å². The molecule has 1 aliphatic heterocycles. The van der Waals surface area contributed by atoms with Gasteiger partial charge in [0.15, 0.2) is 0 Å². The lowest BCUT2D eigenvalue weighted by Gasteiger charge is -2.29. The van der Waals surface area contributed by atoms with Gasteiger partial charge in [0.05, 0.1) is 17.4 Å². The van der Waals surface area contributed by atoms with Crippen molar-refractivity contribution in [3.63, 3.8) is 0 Å². The van der Waals surface area contributed by atoms with Crippen LogP contribution in [0.15, 0.2) is 30.3 Å². The van der Waals surface area contributed by atoms with Crippen molar-refractivity contribution in [3.05, 3.63) is 35.9 Å². The van der Waals surface area contributed by atoms with Crippen molar-refractivity contribution in [2.75, 3.05) is 18.2 Å². The molecule has 4 nitrogen and oxygen atoms in total. The third-order valence-electron chi connectivity index (χ3n) is 3.49. The Balaban J connectivity index is 2.12. The lowest BCUT2D eigenvalue weighted by molar-refractivity contribution is 0.127. The van der Waals surface area contributed by atoms with Gasteiger partial charge in [-0.3, -0.25) is 0 Å². The van der Waals surface area contributed by atoms with Crippen molar-refractivity contribution in [2.24, 2.45) is 0 Å². The summed E-state index contributed by atoms with van der Waals surface area (Å²) in [5.74, 6) is 0.161. The summed E-state index contributed by atoms with van der Waals surface area (Å²) in [5, 5.41) is 0. The highest BCUT2D eigenvalue weighted by Gasteiger charge is 2.33. The zero-order valence-corrected chi connectivity index (χ0v) is 13.1. The number of hydrogen-bond donors (Lipinski definition) is 1. The number of benzene rings is 1. The maximum absolute atomic E-state index is 12.3. The van der Waals surface area contributed by atoms with Crippen LogP contribution in [-0.2, 0) is 20.3 Å². The van der Waals surface area contributed by atoms with E-state index in [0.717, 1.165) is 18.4 Å². The molecule has 1 aromatic rings. The molecular weight excluding hydrogens is 298 g/mol. The first-order valence-electron chi connectivity index (χ1n) is 6.70. The average Bonchev–Trinajstić information content (AvgIpc) is 2.91. The molecule has 0 radical (unpaired) electrons. The lowest BCUT2D eigenvalue weighted by Crippen LogP contribution is -2.47. The second-order valence-electron chi connectivity index (χ2n) is 5.35. The zero-order valence-electron chi connectivity index (χ0n) is 11.5. The van der Waals surface area contributed by atoms with Crippen LogP contribution in [0.25, 0.3) is 0 Å². The minimum atomic E-state index is -3.44. The van der Waals surface area contributed by atoms with E-state index in [9.17, 15) is 8.42 Å². The van der Waals surface area contributed by atoms with E-state index >= 15 is 0 Å². The van der Waals surface area contributed by atoms with E-state index in [1.54, 1.807) is 6.92 Å². The molecule has 2 unspecified atom stereocenters. The maximum Gasteiger partial charge on any atom is 0.215 e. The molecule has 1 fully saturated rings. The van der Waals surface area contributed by atoms with Crippen LogP contribution in [0.3, 0.4) is 0 Å². The number of hydrogen-bond acceptors (Lipinski definition) is 3. The van der Waals surface area contributed by atoms with E-state index < -0.39 is 15.6 Å². The molecule has 0 spiro atoms. The number of nitrogens with one attached hydrogen (secondary N) is 1. The van der Waals surface area contributed by atoms with Gasteiger partial charge in [0.1, 0.15) is 0 Å². The van der Waals surface area contributed by atoms with Crippen LogP contribution in [0.5, 0.6) is 0 Å². The van der Waals surface area contributed by atoms with Crippen LogP contribution < -0.4 is 4.72 Å². The number of sulfonamides is 1. The summed E-state index contributed by atoms with van der Waals surface area (Å²) < 4.78 is 32.7. The number of halogens is 1. The molecule has 1 heterocycles. The third kappa shape index (κ3) is 3.95. The topological polar surface area (TPSA) is 55.4 Å². The van der Waals surface area contributed by atoms with Crippen molar-refractivity contribution < 1.29 is 13.2 Å².